The SMILES string of the molecule is CC[C@@H](C)[C@@H]1NC(=O)[C@@H]2[C@H](CCN2C(=O)[C@H](Cc2ccccc2)NC(=O)[C@H]([C@H](C)CC)N(C)C)Oc2ccc(cc2)/C=C\NC1=O. The molecule has 0 radical (unpaired) electrons. The summed E-state index contributed by atoms with van der Waals surface area (Å²) in [6.45, 7) is 8.18. The predicted octanol–water partition coefficient (Wildman–Crippen LogP) is 3.37. The summed E-state index contributed by atoms with van der Waals surface area (Å²) in [5.74, 6) is -0.944. The molecular formula is C36H49N5O5. The normalized spacial score (nSPS) is 23.2. The number of fused-ring (bicyclic) bond motifs is 7. The zero-order valence-corrected chi connectivity index (χ0v) is 27.9. The average molecular weight is 632 g/mol. The van der Waals surface area contributed by atoms with Gasteiger partial charge < -0.3 is 25.6 Å². The Morgan fingerprint density at radius 1 is 1.00 bits per heavy atom. The number of likely N-dealkylation sites (tertiary alicyclic amines) is 1. The number of likely N-dealkylation sites (N-methyl/N-ethyl adjacent to an activating group) is 1. The molecule has 1 fully saturated rings. The van der Waals surface area contributed by atoms with Crippen LogP contribution in [0.1, 0.15) is 58.1 Å². The van der Waals surface area contributed by atoms with E-state index in [1.165, 1.54) is 4.90 Å². The lowest BCUT2D eigenvalue weighted by molar-refractivity contribution is -0.144. The van der Waals surface area contributed by atoms with Crippen LogP contribution in [0.2, 0.25) is 0 Å². The lowest BCUT2D eigenvalue weighted by atomic mass is 9.96. The van der Waals surface area contributed by atoms with Gasteiger partial charge in [-0.1, -0.05) is 83.0 Å². The van der Waals surface area contributed by atoms with Crippen molar-refractivity contribution in [1.82, 2.24) is 25.8 Å². The summed E-state index contributed by atoms with van der Waals surface area (Å²) in [4.78, 5) is 59.1. The van der Waals surface area contributed by atoms with E-state index in [1.807, 2.05) is 101 Å². The smallest absolute Gasteiger partial charge is 0.247 e. The summed E-state index contributed by atoms with van der Waals surface area (Å²) in [7, 11) is 3.72. The van der Waals surface area contributed by atoms with Gasteiger partial charge in [-0.25, -0.2) is 0 Å². The second kappa shape index (κ2) is 15.9. The fourth-order valence-corrected chi connectivity index (χ4v) is 6.26. The minimum atomic E-state index is -1.01. The van der Waals surface area contributed by atoms with Gasteiger partial charge >= 0.3 is 0 Å². The molecule has 3 aliphatic rings. The van der Waals surface area contributed by atoms with E-state index in [-0.39, 0.29) is 42.5 Å². The molecular weight excluding hydrogens is 582 g/mol. The molecule has 2 aromatic carbocycles. The third-order valence-electron chi connectivity index (χ3n) is 9.26. The van der Waals surface area contributed by atoms with Gasteiger partial charge in [-0.3, -0.25) is 24.1 Å². The van der Waals surface area contributed by atoms with Gasteiger partial charge in [-0.2, -0.15) is 0 Å². The number of rotatable bonds is 10. The van der Waals surface area contributed by atoms with Gasteiger partial charge in [-0.05, 0) is 55.3 Å². The highest BCUT2D eigenvalue weighted by Gasteiger charge is 2.46. The van der Waals surface area contributed by atoms with Crippen LogP contribution >= 0.6 is 0 Å². The second-order valence-electron chi connectivity index (χ2n) is 12.7. The van der Waals surface area contributed by atoms with Crippen LogP contribution in [-0.2, 0) is 25.6 Å². The van der Waals surface area contributed by atoms with Gasteiger partial charge in [0.15, 0.2) is 0 Å². The van der Waals surface area contributed by atoms with Gasteiger partial charge in [0.05, 0.1) is 6.04 Å². The molecule has 0 saturated carbocycles. The lowest BCUT2D eigenvalue weighted by Gasteiger charge is -2.34. The molecule has 46 heavy (non-hydrogen) atoms. The van der Waals surface area contributed by atoms with E-state index < -0.39 is 36.2 Å². The number of hydrogen-bond donors (Lipinski definition) is 3. The number of amides is 4. The summed E-state index contributed by atoms with van der Waals surface area (Å²) in [6.07, 6.45) is 4.81. The van der Waals surface area contributed by atoms with Gasteiger partial charge in [0.25, 0.3) is 0 Å². The van der Waals surface area contributed by atoms with Gasteiger partial charge in [0.1, 0.15) is 30.0 Å². The highest BCUT2D eigenvalue weighted by Crippen LogP contribution is 2.27. The van der Waals surface area contributed by atoms with E-state index in [0.717, 1.165) is 17.5 Å². The van der Waals surface area contributed by atoms with Crippen molar-refractivity contribution >= 4 is 29.7 Å². The molecule has 1 saturated heterocycles. The van der Waals surface area contributed by atoms with Crippen LogP contribution in [-0.4, -0.2) is 84.3 Å². The van der Waals surface area contributed by atoms with Crippen molar-refractivity contribution in [2.45, 2.75) is 83.6 Å². The van der Waals surface area contributed by atoms with Crippen LogP contribution in [0.25, 0.3) is 6.08 Å². The van der Waals surface area contributed by atoms with Crippen molar-refractivity contribution < 1.29 is 23.9 Å². The maximum Gasteiger partial charge on any atom is 0.247 e. The topological polar surface area (TPSA) is 120 Å². The molecule has 0 unspecified atom stereocenters. The fraction of sp³-hybridized carbons (Fsp3) is 0.500. The van der Waals surface area contributed by atoms with Crippen LogP contribution in [0.15, 0.2) is 60.8 Å². The molecule has 4 amide bonds. The molecule has 5 rings (SSSR count). The number of carbonyl (C=O) groups excluding carboxylic acids is 4. The Morgan fingerprint density at radius 3 is 2.33 bits per heavy atom. The van der Waals surface area contributed by atoms with Crippen molar-refractivity contribution in [1.29, 1.82) is 0 Å². The first kappa shape index (κ1) is 34.7. The second-order valence-corrected chi connectivity index (χ2v) is 12.7. The monoisotopic (exact) mass is 631 g/mol. The minimum Gasteiger partial charge on any atom is -0.488 e. The first-order chi connectivity index (χ1) is 22.0. The van der Waals surface area contributed by atoms with Crippen LogP contribution in [0.5, 0.6) is 5.75 Å². The number of benzene rings is 2. The molecule has 3 aliphatic heterocycles. The van der Waals surface area contributed by atoms with Crippen LogP contribution in [0.3, 0.4) is 0 Å². The molecule has 0 spiro atoms. The zero-order valence-electron chi connectivity index (χ0n) is 27.9. The van der Waals surface area contributed by atoms with E-state index in [4.69, 9.17) is 4.74 Å². The summed E-state index contributed by atoms with van der Waals surface area (Å²) >= 11 is 0. The largest absolute Gasteiger partial charge is 0.488 e. The number of nitrogens with one attached hydrogen (secondary N) is 3. The molecule has 0 aliphatic carbocycles. The summed E-state index contributed by atoms with van der Waals surface area (Å²) in [5, 5.41) is 8.81. The van der Waals surface area contributed by atoms with E-state index >= 15 is 0 Å². The van der Waals surface area contributed by atoms with Crippen molar-refractivity contribution in [2.75, 3.05) is 20.6 Å². The maximum absolute atomic E-state index is 14.5. The third-order valence-corrected chi connectivity index (χ3v) is 9.26. The number of hydrogen-bond acceptors (Lipinski definition) is 6. The maximum atomic E-state index is 14.5. The molecule has 2 aromatic rings. The van der Waals surface area contributed by atoms with E-state index in [1.54, 1.807) is 12.3 Å². The summed E-state index contributed by atoms with van der Waals surface area (Å²) < 4.78 is 6.36. The van der Waals surface area contributed by atoms with Crippen LogP contribution in [0, 0.1) is 11.8 Å². The third kappa shape index (κ3) is 8.34. The molecule has 7 atom stereocenters. The first-order valence-electron chi connectivity index (χ1n) is 16.4. The molecule has 2 bridgehead atoms. The number of carbonyl (C=O) groups is 4. The van der Waals surface area contributed by atoms with Crippen molar-refractivity contribution in [3.63, 3.8) is 0 Å². The zero-order chi connectivity index (χ0) is 33.4. The van der Waals surface area contributed by atoms with Gasteiger partial charge in [0, 0.05) is 25.6 Å². The van der Waals surface area contributed by atoms with E-state index in [0.29, 0.717) is 18.6 Å². The fourth-order valence-electron chi connectivity index (χ4n) is 6.26. The van der Waals surface area contributed by atoms with Gasteiger partial charge in [-0.15, -0.1) is 0 Å². The standard InChI is InChI=1S/C36H49N5O5/c1-7-23(3)30-33(42)37-20-18-25-14-16-27(17-15-25)46-29-19-21-41(32(29)35(44)39-30)36(45)28(22-26-12-10-9-11-13-26)38-34(43)31(40(5)6)24(4)8-2/h9-18,20,23-24,28-32H,7-8,19,21-22H2,1-6H3,(H,37,42)(H,38,43)(H,39,44)/b20-18-/t23-,24-,28+,29+,30+,31+,32+/m1/s1. The molecule has 3 N–H and O–H groups in total. The molecule has 0 aromatic heterocycles. The molecule has 3 heterocycles. The van der Waals surface area contributed by atoms with Crippen molar-refractivity contribution in [2.24, 2.45) is 11.8 Å². The average Bonchev–Trinajstić information content (AvgIpc) is 3.46. The summed E-state index contributed by atoms with van der Waals surface area (Å²) in [6, 6.07) is 13.7. The minimum absolute atomic E-state index is 0.0577. The molecule has 10 nitrogen and oxygen atoms in total. The first-order valence-corrected chi connectivity index (χ1v) is 16.4. The Labute approximate surface area is 272 Å². The van der Waals surface area contributed by atoms with E-state index in [9.17, 15) is 19.2 Å². The Balaban J connectivity index is 1.70. The van der Waals surface area contributed by atoms with E-state index in [2.05, 4.69) is 16.0 Å². The molecule has 10 heteroatoms. The van der Waals surface area contributed by atoms with Crippen LogP contribution in [0.4, 0.5) is 0 Å². The Bertz CT molecular complexity index is 1380. The van der Waals surface area contributed by atoms with Gasteiger partial charge in [0.2, 0.25) is 23.6 Å². The Hall–Kier alpha value is -4.18. The highest BCUT2D eigenvalue weighted by atomic mass is 16.5. The van der Waals surface area contributed by atoms with Crippen molar-refractivity contribution in [3.05, 3.63) is 71.9 Å². The summed E-state index contributed by atoms with van der Waals surface area (Å²) in [5.41, 5.74) is 1.76. The lowest BCUT2D eigenvalue weighted by Crippen LogP contribution is -2.61. The number of ether oxygens (including phenoxy) is 1. The molecule has 248 valence electrons. The quantitative estimate of drug-likeness (QED) is 0.370. The Kier molecular flexibility index (Phi) is 12.0. The van der Waals surface area contributed by atoms with Crippen LogP contribution < -0.4 is 20.7 Å². The Morgan fingerprint density at radius 2 is 1.70 bits per heavy atom. The number of nitrogens with zero attached hydrogens (tertiary/aromatic N) is 2. The predicted molar refractivity (Wildman–Crippen MR) is 179 cm³/mol. The van der Waals surface area contributed by atoms with Crippen molar-refractivity contribution in [3.8, 4) is 5.75 Å². The highest BCUT2D eigenvalue weighted by molar-refractivity contribution is 5.96.